The molecular formula is C40H48ClN11O5S. The maximum absolute atomic E-state index is 13.1. The lowest BCUT2D eigenvalue weighted by atomic mass is 9.91. The summed E-state index contributed by atoms with van der Waals surface area (Å²) in [7, 11) is 0. The normalized spacial score (nSPS) is 15.5. The van der Waals surface area contributed by atoms with E-state index in [1.165, 1.54) is 17.8 Å². The highest BCUT2D eigenvalue weighted by atomic mass is 35.5. The Bertz CT molecular complexity index is 2190. The Labute approximate surface area is 345 Å². The standard InChI is InChI=1S/C40H48ClN11O5S/c1-24-20-27(30(54)21-29(24)53)37(43)52(39(44)57)26-8-6-25(7-9-26)23-49-16-18-51(19-17-49)34(56)11-10-33(55)47-28-4-3-5-31(35(28)41)58-38-36(42)48-32(22-46-38)50-14-12-40(2,45)13-15-50/h3-9,20-22,43,53-54H,10-19,23,45H2,1-2H3,(H2,42,48)(H2,44,57)(H,47,55). The molecule has 2 saturated heterocycles. The molecule has 0 aliphatic carbocycles. The SMILES string of the molecule is Cc1cc(C(=N)N(C(N)=O)c2ccc(CN3CCN(C(=O)CCC(=O)Nc4cccc(Sc5ncc(N6CCC(C)(N)CC6)nc5N)c4Cl)CC3)cc2)c(O)cc1O. The number of carbonyl (C=O) groups excluding carboxylic acids is 3. The number of phenols is 2. The lowest BCUT2D eigenvalue weighted by Crippen LogP contribution is -2.48. The number of halogens is 1. The molecule has 10 N–H and O–H groups in total. The molecule has 2 aliphatic rings. The van der Waals surface area contributed by atoms with E-state index in [0.717, 1.165) is 42.5 Å². The van der Waals surface area contributed by atoms with E-state index in [1.807, 2.05) is 18.2 Å². The van der Waals surface area contributed by atoms with Crippen molar-refractivity contribution < 1.29 is 24.6 Å². The van der Waals surface area contributed by atoms with Crippen LogP contribution < -0.4 is 32.3 Å². The van der Waals surface area contributed by atoms with Crippen LogP contribution in [0.3, 0.4) is 0 Å². The maximum atomic E-state index is 13.1. The predicted octanol–water partition coefficient (Wildman–Crippen LogP) is 4.87. The van der Waals surface area contributed by atoms with E-state index in [4.69, 9.17) is 34.2 Å². The second kappa shape index (κ2) is 17.9. The number of aryl methyl sites for hydroxylation is 1. The van der Waals surface area contributed by atoms with Gasteiger partial charge in [0.05, 0.1) is 28.2 Å². The number of nitrogens with one attached hydrogen (secondary N) is 2. The van der Waals surface area contributed by atoms with Crippen LogP contribution in [0.4, 0.5) is 27.8 Å². The maximum Gasteiger partial charge on any atom is 0.325 e. The highest BCUT2D eigenvalue weighted by Crippen LogP contribution is 2.39. The topological polar surface area (TPSA) is 244 Å². The first-order valence-electron chi connectivity index (χ1n) is 18.8. The van der Waals surface area contributed by atoms with Crippen LogP contribution in [0.2, 0.25) is 5.02 Å². The van der Waals surface area contributed by atoms with Gasteiger partial charge in [-0.25, -0.2) is 19.7 Å². The Morgan fingerprint density at radius 2 is 1.69 bits per heavy atom. The lowest BCUT2D eigenvalue weighted by Gasteiger charge is -2.37. The van der Waals surface area contributed by atoms with E-state index >= 15 is 0 Å². The first kappa shape index (κ1) is 42.0. The van der Waals surface area contributed by atoms with Crippen LogP contribution in [-0.4, -0.2) is 98.5 Å². The zero-order chi connectivity index (χ0) is 41.7. The smallest absolute Gasteiger partial charge is 0.325 e. The zero-order valence-electron chi connectivity index (χ0n) is 32.4. The van der Waals surface area contributed by atoms with Crippen molar-refractivity contribution in [3.8, 4) is 11.5 Å². The number of hydrogen-bond acceptors (Lipinski definition) is 13. The summed E-state index contributed by atoms with van der Waals surface area (Å²) < 4.78 is 0. The number of phenolic OH excluding ortho intramolecular Hbond substituents is 2. The fraction of sp³-hybridized carbons (Fsp3) is 0.350. The number of rotatable bonds is 11. The van der Waals surface area contributed by atoms with Crippen LogP contribution in [0.15, 0.2) is 70.7 Å². The molecule has 0 saturated carbocycles. The van der Waals surface area contributed by atoms with Gasteiger partial charge in [-0.15, -0.1) is 0 Å². The monoisotopic (exact) mass is 829 g/mol. The number of carbonyl (C=O) groups is 3. The summed E-state index contributed by atoms with van der Waals surface area (Å²) in [6, 6.07) is 13.9. The van der Waals surface area contributed by atoms with Gasteiger partial charge in [0, 0.05) is 75.2 Å². The van der Waals surface area contributed by atoms with Gasteiger partial charge in [0.2, 0.25) is 11.8 Å². The van der Waals surface area contributed by atoms with Gasteiger partial charge in [0.15, 0.2) is 5.82 Å². The van der Waals surface area contributed by atoms with E-state index in [9.17, 15) is 24.6 Å². The molecule has 58 heavy (non-hydrogen) atoms. The molecule has 306 valence electrons. The van der Waals surface area contributed by atoms with Crippen molar-refractivity contribution in [3.05, 3.63) is 82.5 Å². The van der Waals surface area contributed by atoms with E-state index in [-0.39, 0.29) is 58.9 Å². The molecule has 0 unspecified atom stereocenters. The summed E-state index contributed by atoms with van der Waals surface area (Å²) in [6.07, 6.45) is 3.43. The Kier molecular flexibility index (Phi) is 13.0. The van der Waals surface area contributed by atoms with Crippen molar-refractivity contribution in [1.82, 2.24) is 19.8 Å². The van der Waals surface area contributed by atoms with Crippen LogP contribution in [0.5, 0.6) is 11.5 Å². The summed E-state index contributed by atoms with van der Waals surface area (Å²) >= 11 is 7.96. The van der Waals surface area contributed by atoms with Gasteiger partial charge in [-0.3, -0.25) is 19.9 Å². The van der Waals surface area contributed by atoms with Crippen LogP contribution in [0.1, 0.15) is 49.3 Å². The van der Waals surface area contributed by atoms with Crippen LogP contribution in [0, 0.1) is 12.3 Å². The molecule has 2 fully saturated rings. The molecule has 18 heteroatoms. The number of hydrogen-bond donors (Lipinski definition) is 7. The minimum absolute atomic E-state index is 0.00938. The molecule has 3 heterocycles. The van der Waals surface area contributed by atoms with Crippen molar-refractivity contribution in [1.29, 1.82) is 5.41 Å². The number of urea groups is 1. The summed E-state index contributed by atoms with van der Waals surface area (Å²) in [6.45, 7) is 8.07. The van der Waals surface area contributed by atoms with Crippen LogP contribution in [-0.2, 0) is 16.1 Å². The predicted molar refractivity (Wildman–Crippen MR) is 226 cm³/mol. The minimum Gasteiger partial charge on any atom is -0.508 e. The van der Waals surface area contributed by atoms with Crippen molar-refractivity contribution in [2.45, 2.75) is 61.5 Å². The van der Waals surface area contributed by atoms with E-state index in [2.05, 4.69) is 32.0 Å². The van der Waals surface area contributed by atoms with Crippen LogP contribution >= 0.6 is 23.4 Å². The summed E-state index contributed by atoms with van der Waals surface area (Å²) in [5.41, 5.74) is 20.2. The molecule has 0 spiro atoms. The van der Waals surface area contributed by atoms with Gasteiger partial charge in [0.1, 0.15) is 28.2 Å². The molecule has 4 amide bonds. The van der Waals surface area contributed by atoms with Gasteiger partial charge < -0.3 is 42.5 Å². The number of nitrogens with zero attached hydrogens (tertiary/aromatic N) is 6. The number of piperazine rings is 1. The van der Waals surface area contributed by atoms with Gasteiger partial charge in [-0.05, 0) is 68.1 Å². The molecule has 0 bridgehead atoms. The summed E-state index contributed by atoms with van der Waals surface area (Å²) in [4.78, 5) is 55.2. The van der Waals surface area contributed by atoms with Crippen molar-refractivity contribution >= 4 is 70.1 Å². The molecule has 0 radical (unpaired) electrons. The molecule has 0 atom stereocenters. The third-order valence-corrected chi connectivity index (χ3v) is 11.9. The third kappa shape index (κ3) is 10.1. The Hall–Kier alpha value is -5.62. The Balaban J connectivity index is 0.956. The average molecular weight is 830 g/mol. The molecule has 6 rings (SSSR count). The molecule has 4 aromatic rings. The number of aromatic nitrogens is 2. The Morgan fingerprint density at radius 3 is 2.34 bits per heavy atom. The molecule has 16 nitrogen and oxygen atoms in total. The molecular weight excluding hydrogens is 782 g/mol. The number of nitrogen functional groups attached to an aromatic ring is 1. The van der Waals surface area contributed by atoms with E-state index < -0.39 is 6.03 Å². The average Bonchev–Trinajstić information content (AvgIpc) is 3.18. The third-order valence-electron chi connectivity index (χ3n) is 10.3. The largest absolute Gasteiger partial charge is 0.508 e. The zero-order valence-corrected chi connectivity index (χ0v) is 33.9. The van der Waals surface area contributed by atoms with Crippen molar-refractivity contribution in [2.75, 3.05) is 60.1 Å². The number of benzene rings is 3. The second-order valence-corrected chi connectivity index (χ2v) is 16.2. The van der Waals surface area contributed by atoms with Gasteiger partial charge in [-0.1, -0.05) is 41.6 Å². The quantitative estimate of drug-likeness (QED) is 0.0791. The second-order valence-electron chi connectivity index (χ2n) is 14.8. The van der Waals surface area contributed by atoms with Gasteiger partial charge in [0.25, 0.3) is 0 Å². The first-order valence-corrected chi connectivity index (χ1v) is 20.0. The van der Waals surface area contributed by atoms with Gasteiger partial charge in [-0.2, -0.15) is 0 Å². The van der Waals surface area contributed by atoms with Crippen LogP contribution in [0.25, 0.3) is 0 Å². The van der Waals surface area contributed by atoms with E-state index in [0.29, 0.717) is 70.4 Å². The number of piperidine rings is 1. The highest BCUT2D eigenvalue weighted by Gasteiger charge is 2.28. The number of nitrogens with two attached hydrogens (primary N) is 3. The number of amidine groups is 1. The number of aromatic hydroxyl groups is 2. The molecule has 1 aromatic heterocycles. The summed E-state index contributed by atoms with van der Waals surface area (Å²) in [5.74, 6) is -0.290. The van der Waals surface area contributed by atoms with Crippen molar-refractivity contribution in [2.24, 2.45) is 11.5 Å². The first-order chi connectivity index (χ1) is 27.6. The molecule has 3 aromatic carbocycles. The van der Waals surface area contributed by atoms with E-state index in [1.54, 1.807) is 42.3 Å². The number of anilines is 4. The Morgan fingerprint density at radius 1 is 1.00 bits per heavy atom. The number of amides is 4. The number of primary amides is 1. The minimum atomic E-state index is -0.901. The molecule has 2 aliphatic heterocycles. The fourth-order valence-electron chi connectivity index (χ4n) is 6.77. The van der Waals surface area contributed by atoms with Crippen molar-refractivity contribution in [3.63, 3.8) is 0 Å². The van der Waals surface area contributed by atoms with Gasteiger partial charge >= 0.3 is 6.03 Å². The summed E-state index contributed by atoms with van der Waals surface area (Å²) in [5, 5.41) is 32.4. The fourth-order valence-corrected chi connectivity index (χ4v) is 7.87. The highest BCUT2D eigenvalue weighted by molar-refractivity contribution is 7.99. The lowest BCUT2D eigenvalue weighted by molar-refractivity contribution is -0.134.